The van der Waals surface area contributed by atoms with Crippen LogP contribution < -0.4 is 0 Å². The molecule has 0 amide bonds. The van der Waals surface area contributed by atoms with Crippen LogP contribution in [-0.4, -0.2) is 31.0 Å². The number of hydrogen-bond acceptors (Lipinski definition) is 6. The molecule has 1 N–H and O–H groups in total. The van der Waals surface area contributed by atoms with Gasteiger partial charge in [-0.1, -0.05) is 30.1 Å². The summed E-state index contributed by atoms with van der Waals surface area (Å²) in [7, 11) is 0. The fraction of sp³-hybridized carbons (Fsp3) is 0.429. The van der Waals surface area contributed by atoms with Crippen LogP contribution >= 0.6 is 23.3 Å². The molecule has 0 aliphatic heterocycles. The van der Waals surface area contributed by atoms with Crippen molar-refractivity contribution in [1.29, 1.82) is 0 Å². The molecule has 0 fully saturated rings. The van der Waals surface area contributed by atoms with Crippen molar-refractivity contribution in [3.05, 3.63) is 10.6 Å². The minimum absolute atomic E-state index is 0.0544. The van der Waals surface area contributed by atoms with Crippen LogP contribution in [0.15, 0.2) is 0 Å². The summed E-state index contributed by atoms with van der Waals surface area (Å²) in [5, 5.41) is 12.0. The van der Waals surface area contributed by atoms with E-state index in [1.807, 2.05) is 13.8 Å². The SMILES string of the molecule is CC(C)SC(=O)c1nnsc1C(=O)O. The van der Waals surface area contributed by atoms with Gasteiger partial charge in [0, 0.05) is 5.25 Å². The molecule has 14 heavy (non-hydrogen) atoms. The van der Waals surface area contributed by atoms with Gasteiger partial charge in [0.15, 0.2) is 10.6 Å². The molecule has 1 aromatic rings. The van der Waals surface area contributed by atoms with Gasteiger partial charge >= 0.3 is 5.97 Å². The number of aromatic nitrogens is 2. The van der Waals surface area contributed by atoms with E-state index < -0.39 is 5.97 Å². The first-order valence-electron chi connectivity index (χ1n) is 3.79. The van der Waals surface area contributed by atoms with Crippen molar-refractivity contribution >= 4 is 34.4 Å². The molecule has 1 aromatic heterocycles. The Hall–Kier alpha value is -0.950. The lowest BCUT2D eigenvalue weighted by Gasteiger charge is -2.00. The summed E-state index contributed by atoms with van der Waals surface area (Å²) in [6, 6.07) is 0. The van der Waals surface area contributed by atoms with E-state index in [9.17, 15) is 9.59 Å². The summed E-state index contributed by atoms with van der Waals surface area (Å²) in [5.74, 6) is -1.16. The van der Waals surface area contributed by atoms with Crippen LogP contribution in [0.2, 0.25) is 0 Å². The predicted molar refractivity (Wildman–Crippen MR) is 53.9 cm³/mol. The van der Waals surface area contributed by atoms with E-state index in [-0.39, 0.29) is 20.9 Å². The monoisotopic (exact) mass is 232 g/mol. The molecule has 1 rings (SSSR count). The summed E-state index contributed by atoms with van der Waals surface area (Å²) in [6.45, 7) is 3.70. The third-order valence-electron chi connectivity index (χ3n) is 1.22. The fourth-order valence-corrected chi connectivity index (χ4v) is 1.98. The second-order valence-corrected chi connectivity index (χ2v) is 5.01. The first-order valence-corrected chi connectivity index (χ1v) is 5.44. The number of rotatable bonds is 3. The Balaban J connectivity index is 2.90. The number of thioether (sulfide) groups is 1. The predicted octanol–water partition coefficient (Wildman–Crippen LogP) is 1.52. The van der Waals surface area contributed by atoms with Crippen LogP contribution in [-0.2, 0) is 0 Å². The molecule has 0 saturated heterocycles. The Morgan fingerprint density at radius 1 is 1.50 bits per heavy atom. The zero-order valence-electron chi connectivity index (χ0n) is 7.55. The number of carbonyl (C=O) groups excluding carboxylic acids is 1. The number of nitrogens with zero attached hydrogens (tertiary/aromatic N) is 2. The average Bonchev–Trinajstić information content (AvgIpc) is 2.49. The minimum Gasteiger partial charge on any atom is -0.477 e. The van der Waals surface area contributed by atoms with Gasteiger partial charge in [-0.05, 0) is 11.5 Å². The minimum atomic E-state index is -1.16. The van der Waals surface area contributed by atoms with Crippen LogP contribution in [0.3, 0.4) is 0 Å². The standard InChI is InChI=1S/C7H8N2O3S2/c1-3(2)13-7(12)4-5(6(10)11)14-9-8-4/h3H,1-2H3,(H,10,11). The topological polar surface area (TPSA) is 80.2 Å². The molecule has 0 aliphatic rings. The van der Waals surface area contributed by atoms with E-state index >= 15 is 0 Å². The van der Waals surface area contributed by atoms with Gasteiger partial charge in [-0.15, -0.1) is 5.10 Å². The van der Waals surface area contributed by atoms with Crippen LogP contribution in [0.25, 0.3) is 0 Å². The quantitative estimate of drug-likeness (QED) is 0.851. The Morgan fingerprint density at radius 3 is 2.64 bits per heavy atom. The molecule has 7 heteroatoms. The maximum Gasteiger partial charge on any atom is 0.350 e. The molecule has 0 saturated carbocycles. The van der Waals surface area contributed by atoms with Gasteiger partial charge in [-0.25, -0.2) is 4.79 Å². The number of carbonyl (C=O) groups is 2. The van der Waals surface area contributed by atoms with Crippen LogP contribution in [0, 0.1) is 0 Å². The zero-order chi connectivity index (χ0) is 10.7. The molecule has 0 unspecified atom stereocenters. The highest BCUT2D eigenvalue weighted by Gasteiger charge is 2.22. The van der Waals surface area contributed by atoms with Crippen molar-refractivity contribution < 1.29 is 14.7 Å². The second kappa shape index (κ2) is 4.52. The average molecular weight is 232 g/mol. The molecule has 0 aromatic carbocycles. The summed E-state index contributed by atoms with van der Waals surface area (Å²) < 4.78 is 3.45. The van der Waals surface area contributed by atoms with Crippen molar-refractivity contribution in [3.8, 4) is 0 Å². The number of aromatic carboxylic acids is 1. The molecule has 1 heterocycles. The molecular weight excluding hydrogens is 224 g/mol. The number of carboxylic acid groups (broad SMARTS) is 1. The Morgan fingerprint density at radius 2 is 2.14 bits per heavy atom. The van der Waals surface area contributed by atoms with Gasteiger partial charge in [0.2, 0.25) is 5.12 Å². The molecule has 76 valence electrons. The molecule has 0 aliphatic carbocycles. The highest BCUT2D eigenvalue weighted by Crippen LogP contribution is 2.20. The maximum atomic E-state index is 11.4. The number of carboxylic acids is 1. The van der Waals surface area contributed by atoms with Crippen LogP contribution in [0.1, 0.15) is 34.0 Å². The summed E-state index contributed by atoms with van der Waals surface area (Å²) >= 11 is 1.76. The normalized spacial score (nSPS) is 10.5. The summed E-state index contributed by atoms with van der Waals surface area (Å²) in [5.41, 5.74) is -0.0544. The van der Waals surface area contributed by atoms with Crippen LogP contribution in [0.5, 0.6) is 0 Å². The van der Waals surface area contributed by atoms with Crippen molar-refractivity contribution in [1.82, 2.24) is 9.59 Å². The van der Waals surface area contributed by atoms with E-state index in [0.717, 1.165) is 23.3 Å². The Kier molecular flexibility index (Phi) is 3.59. The van der Waals surface area contributed by atoms with E-state index in [4.69, 9.17) is 5.11 Å². The van der Waals surface area contributed by atoms with E-state index in [1.165, 1.54) is 0 Å². The third kappa shape index (κ3) is 2.52. The van der Waals surface area contributed by atoms with Crippen molar-refractivity contribution in [2.24, 2.45) is 0 Å². The van der Waals surface area contributed by atoms with Gasteiger partial charge in [0.25, 0.3) is 0 Å². The van der Waals surface area contributed by atoms with E-state index in [0.29, 0.717) is 0 Å². The highest BCUT2D eigenvalue weighted by molar-refractivity contribution is 8.14. The maximum absolute atomic E-state index is 11.4. The first kappa shape index (κ1) is 11.1. The molecular formula is C7H8N2O3S2. The Labute approximate surface area is 88.7 Å². The molecule has 0 spiro atoms. The van der Waals surface area contributed by atoms with Crippen molar-refractivity contribution in [3.63, 3.8) is 0 Å². The van der Waals surface area contributed by atoms with Crippen molar-refractivity contribution in [2.45, 2.75) is 19.1 Å². The summed E-state index contributed by atoms with van der Waals surface area (Å²) in [6.07, 6.45) is 0. The third-order valence-corrected chi connectivity index (χ3v) is 2.81. The molecule has 5 nitrogen and oxygen atoms in total. The largest absolute Gasteiger partial charge is 0.477 e. The molecule has 0 atom stereocenters. The second-order valence-electron chi connectivity index (χ2n) is 2.71. The Bertz CT molecular complexity index is 362. The van der Waals surface area contributed by atoms with E-state index in [1.54, 1.807) is 0 Å². The van der Waals surface area contributed by atoms with E-state index in [2.05, 4.69) is 9.59 Å². The molecule has 0 bridgehead atoms. The lowest BCUT2D eigenvalue weighted by molar-refractivity contribution is 0.0698. The fourth-order valence-electron chi connectivity index (χ4n) is 0.734. The first-order chi connectivity index (χ1) is 6.52. The van der Waals surface area contributed by atoms with Crippen molar-refractivity contribution in [2.75, 3.05) is 0 Å². The number of hydrogen-bond donors (Lipinski definition) is 1. The molecule has 0 radical (unpaired) electrons. The van der Waals surface area contributed by atoms with Gasteiger partial charge in [0.1, 0.15) is 0 Å². The highest BCUT2D eigenvalue weighted by atomic mass is 32.2. The lowest BCUT2D eigenvalue weighted by Crippen LogP contribution is -2.06. The van der Waals surface area contributed by atoms with Gasteiger partial charge in [-0.3, -0.25) is 4.79 Å². The van der Waals surface area contributed by atoms with Crippen LogP contribution in [0.4, 0.5) is 0 Å². The summed E-state index contributed by atoms with van der Waals surface area (Å²) in [4.78, 5) is 22.0. The smallest absolute Gasteiger partial charge is 0.350 e. The van der Waals surface area contributed by atoms with Gasteiger partial charge in [0.05, 0.1) is 0 Å². The zero-order valence-corrected chi connectivity index (χ0v) is 9.18. The van der Waals surface area contributed by atoms with Gasteiger partial charge < -0.3 is 5.11 Å². The lowest BCUT2D eigenvalue weighted by atomic mass is 10.4. The van der Waals surface area contributed by atoms with Gasteiger partial charge in [-0.2, -0.15) is 0 Å².